The molecule has 1 aromatic carbocycles. The lowest BCUT2D eigenvalue weighted by Crippen LogP contribution is -2.40. The van der Waals surface area contributed by atoms with Gasteiger partial charge in [-0.05, 0) is 51.0 Å². The first kappa shape index (κ1) is 25.0. The molecule has 0 aliphatic carbocycles. The van der Waals surface area contributed by atoms with Crippen molar-refractivity contribution >= 4 is 28.8 Å². The molecule has 0 radical (unpaired) electrons. The van der Waals surface area contributed by atoms with Crippen LogP contribution in [-0.4, -0.2) is 76.9 Å². The Bertz CT molecular complexity index is 1310. The van der Waals surface area contributed by atoms with Crippen LogP contribution in [0.5, 0.6) is 5.88 Å². The van der Waals surface area contributed by atoms with Crippen LogP contribution < -0.4 is 15.4 Å². The van der Waals surface area contributed by atoms with E-state index in [1.54, 1.807) is 30.3 Å². The fourth-order valence-electron chi connectivity index (χ4n) is 4.06. The van der Waals surface area contributed by atoms with Gasteiger partial charge < -0.3 is 25.0 Å². The van der Waals surface area contributed by atoms with E-state index in [9.17, 15) is 14.4 Å². The molecule has 1 saturated heterocycles. The largest absolute Gasteiger partial charge is 0.480 e. The van der Waals surface area contributed by atoms with Crippen molar-refractivity contribution in [2.75, 3.05) is 27.2 Å². The number of aromatic amines is 1. The molecular weight excluding hydrogens is 464 g/mol. The van der Waals surface area contributed by atoms with Crippen LogP contribution in [0, 0.1) is 0 Å². The molecule has 3 heterocycles. The molecule has 0 bridgehead atoms. The molecule has 1 fully saturated rings. The Morgan fingerprint density at radius 3 is 2.61 bits per heavy atom. The van der Waals surface area contributed by atoms with E-state index in [1.165, 1.54) is 7.11 Å². The van der Waals surface area contributed by atoms with E-state index < -0.39 is 11.7 Å². The third-order valence-corrected chi connectivity index (χ3v) is 5.80. The summed E-state index contributed by atoms with van der Waals surface area (Å²) in [6.07, 6.45) is 1.84. The van der Waals surface area contributed by atoms with Gasteiger partial charge in [-0.2, -0.15) is 5.10 Å². The number of aromatic nitrogens is 3. The van der Waals surface area contributed by atoms with Crippen molar-refractivity contribution in [2.24, 2.45) is 0 Å². The van der Waals surface area contributed by atoms with Crippen molar-refractivity contribution < 1.29 is 23.9 Å². The number of nitrogens with one attached hydrogen (secondary N) is 3. The highest BCUT2D eigenvalue weighted by Crippen LogP contribution is 2.28. The molecule has 3 amide bonds. The summed E-state index contributed by atoms with van der Waals surface area (Å²) in [6.45, 7) is 6.31. The minimum atomic E-state index is -0.582. The highest BCUT2D eigenvalue weighted by molar-refractivity contribution is 6.05. The van der Waals surface area contributed by atoms with Gasteiger partial charge in [0.05, 0.1) is 12.6 Å². The van der Waals surface area contributed by atoms with Gasteiger partial charge in [0.15, 0.2) is 5.69 Å². The number of benzene rings is 1. The number of hydrogen-bond donors (Lipinski definition) is 3. The lowest BCUT2D eigenvalue weighted by atomic mass is 10.0. The SMILES string of the molecule is CNC(=O)c1n[nH]c2cc(-c3cnc(OC)c(C(=O)N[C@H]4CCN(C(=O)OC(C)(C)C)C4)c3)ccc12. The molecule has 190 valence electrons. The van der Waals surface area contributed by atoms with E-state index in [1.807, 2.05) is 32.9 Å². The number of nitrogens with zero attached hydrogens (tertiary/aromatic N) is 3. The summed E-state index contributed by atoms with van der Waals surface area (Å²) >= 11 is 0. The third kappa shape index (κ3) is 5.24. The molecule has 36 heavy (non-hydrogen) atoms. The van der Waals surface area contributed by atoms with Gasteiger partial charge in [0.25, 0.3) is 11.8 Å². The average Bonchev–Trinajstić information content (AvgIpc) is 3.49. The first-order valence-electron chi connectivity index (χ1n) is 11.6. The molecule has 11 nitrogen and oxygen atoms in total. The normalized spacial score (nSPS) is 15.6. The second kappa shape index (κ2) is 9.84. The topological polar surface area (TPSA) is 139 Å². The van der Waals surface area contributed by atoms with E-state index in [4.69, 9.17) is 9.47 Å². The summed E-state index contributed by atoms with van der Waals surface area (Å²) in [4.78, 5) is 43.4. The molecule has 0 saturated carbocycles. The average molecular weight is 495 g/mol. The molecule has 3 N–H and O–H groups in total. The van der Waals surface area contributed by atoms with Gasteiger partial charge in [0.2, 0.25) is 5.88 Å². The van der Waals surface area contributed by atoms with Gasteiger partial charge in [-0.1, -0.05) is 6.07 Å². The Kier molecular flexibility index (Phi) is 6.82. The first-order chi connectivity index (χ1) is 17.1. The number of pyridine rings is 1. The maximum absolute atomic E-state index is 13.2. The summed E-state index contributed by atoms with van der Waals surface area (Å²) in [5.74, 6) is -0.430. The van der Waals surface area contributed by atoms with Crippen molar-refractivity contribution in [3.8, 4) is 17.0 Å². The molecule has 1 aliphatic heterocycles. The standard InChI is InChI=1S/C25H30N6O5/c1-25(2,3)36-24(34)31-9-8-16(13-31)28-21(32)18-10-15(12-27-23(18)35-5)14-6-7-17-19(11-14)29-30-20(17)22(33)26-4/h6-7,10-12,16H,8-9,13H2,1-5H3,(H,26,33)(H,28,32)(H,29,30)/t16-/m0/s1. The number of carbonyl (C=O) groups excluding carboxylic acids is 3. The fraction of sp³-hybridized carbons (Fsp3) is 0.400. The molecule has 3 aromatic rings. The smallest absolute Gasteiger partial charge is 0.410 e. The number of hydrogen-bond acceptors (Lipinski definition) is 7. The summed E-state index contributed by atoms with van der Waals surface area (Å²) in [7, 11) is 3.00. The number of methoxy groups -OCH3 is 1. The minimum absolute atomic E-state index is 0.197. The zero-order chi connectivity index (χ0) is 26.0. The van der Waals surface area contributed by atoms with Gasteiger partial charge >= 0.3 is 6.09 Å². The van der Waals surface area contributed by atoms with E-state index in [0.29, 0.717) is 41.7 Å². The molecule has 2 aromatic heterocycles. The summed E-state index contributed by atoms with van der Waals surface area (Å²) in [5.41, 5.74) is 2.17. The van der Waals surface area contributed by atoms with Crippen LogP contribution in [0.3, 0.4) is 0 Å². The minimum Gasteiger partial charge on any atom is -0.480 e. The summed E-state index contributed by atoms with van der Waals surface area (Å²) < 4.78 is 10.8. The fourth-order valence-corrected chi connectivity index (χ4v) is 4.06. The Morgan fingerprint density at radius 2 is 1.92 bits per heavy atom. The number of amides is 3. The predicted octanol–water partition coefficient (Wildman–Crippen LogP) is 2.73. The Balaban J connectivity index is 1.52. The van der Waals surface area contributed by atoms with E-state index in [2.05, 4.69) is 25.8 Å². The van der Waals surface area contributed by atoms with Crippen LogP contribution >= 0.6 is 0 Å². The molecule has 11 heteroatoms. The second-order valence-electron chi connectivity index (χ2n) is 9.58. The van der Waals surface area contributed by atoms with Crippen molar-refractivity contribution in [1.82, 2.24) is 30.7 Å². The van der Waals surface area contributed by atoms with E-state index in [0.717, 1.165) is 5.56 Å². The maximum atomic E-state index is 13.2. The van der Waals surface area contributed by atoms with Crippen LogP contribution in [0.1, 0.15) is 48.0 Å². The third-order valence-electron chi connectivity index (χ3n) is 5.80. The Morgan fingerprint density at radius 1 is 1.14 bits per heavy atom. The molecule has 0 unspecified atom stereocenters. The number of likely N-dealkylation sites (tertiary alicyclic amines) is 1. The molecule has 4 rings (SSSR count). The highest BCUT2D eigenvalue weighted by atomic mass is 16.6. The second-order valence-corrected chi connectivity index (χ2v) is 9.58. The number of ether oxygens (including phenoxy) is 2. The molecule has 1 aliphatic rings. The zero-order valence-electron chi connectivity index (χ0n) is 21.0. The van der Waals surface area contributed by atoms with Crippen LogP contribution in [0.4, 0.5) is 4.79 Å². The van der Waals surface area contributed by atoms with Crippen molar-refractivity contribution in [3.63, 3.8) is 0 Å². The van der Waals surface area contributed by atoms with Crippen LogP contribution in [0.15, 0.2) is 30.5 Å². The van der Waals surface area contributed by atoms with Gasteiger partial charge in [-0.15, -0.1) is 0 Å². The molecule has 1 atom stereocenters. The summed E-state index contributed by atoms with van der Waals surface area (Å²) in [5, 5.41) is 13.2. The summed E-state index contributed by atoms with van der Waals surface area (Å²) in [6, 6.07) is 6.97. The number of fused-ring (bicyclic) bond motifs is 1. The Hall–Kier alpha value is -4.15. The monoisotopic (exact) mass is 494 g/mol. The lowest BCUT2D eigenvalue weighted by Gasteiger charge is -2.24. The zero-order valence-corrected chi connectivity index (χ0v) is 21.0. The van der Waals surface area contributed by atoms with Crippen LogP contribution in [0.2, 0.25) is 0 Å². The van der Waals surface area contributed by atoms with Gasteiger partial charge in [-0.3, -0.25) is 14.7 Å². The highest BCUT2D eigenvalue weighted by Gasteiger charge is 2.31. The quantitative estimate of drug-likeness (QED) is 0.496. The number of H-pyrrole nitrogens is 1. The van der Waals surface area contributed by atoms with E-state index in [-0.39, 0.29) is 29.3 Å². The molecular formula is C25H30N6O5. The van der Waals surface area contributed by atoms with Crippen LogP contribution in [-0.2, 0) is 4.74 Å². The number of carbonyl (C=O) groups is 3. The first-order valence-corrected chi connectivity index (χ1v) is 11.6. The van der Waals surface area contributed by atoms with Gasteiger partial charge in [0.1, 0.15) is 11.2 Å². The number of rotatable bonds is 5. The van der Waals surface area contributed by atoms with Gasteiger partial charge in [0, 0.05) is 43.3 Å². The Labute approximate surface area is 208 Å². The predicted molar refractivity (Wildman–Crippen MR) is 133 cm³/mol. The van der Waals surface area contributed by atoms with Crippen molar-refractivity contribution in [1.29, 1.82) is 0 Å². The van der Waals surface area contributed by atoms with Crippen molar-refractivity contribution in [3.05, 3.63) is 41.7 Å². The van der Waals surface area contributed by atoms with Gasteiger partial charge in [-0.25, -0.2) is 9.78 Å². The maximum Gasteiger partial charge on any atom is 0.410 e. The van der Waals surface area contributed by atoms with Crippen molar-refractivity contribution in [2.45, 2.75) is 38.8 Å². The molecule has 0 spiro atoms. The lowest BCUT2D eigenvalue weighted by molar-refractivity contribution is 0.0289. The van der Waals surface area contributed by atoms with Crippen LogP contribution in [0.25, 0.3) is 22.0 Å². The van der Waals surface area contributed by atoms with E-state index >= 15 is 0 Å².